The molecule has 0 aromatic heterocycles. The quantitative estimate of drug-likeness (QED) is 0.736. The van der Waals surface area contributed by atoms with Crippen LogP contribution >= 0.6 is 0 Å². The number of rotatable bonds is 5. The maximum atomic E-state index is 6.04. The van der Waals surface area contributed by atoms with Crippen molar-refractivity contribution in [2.45, 2.75) is 45.2 Å². The van der Waals surface area contributed by atoms with E-state index in [4.69, 9.17) is 11.5 Å². The maximum Gasteiger partial charge on any atom is 0.0226 e. The van der Waals surface area contributed by atoms with Crippen molar-refractivity contribution in [3.8, 4) is 0 Å². The maximum absolute atomic E-state index is 6.04. The SMILES string of the molecule is CC(C)(N)CCN1CCN(CC(C)(C)N)CC1. The van der Waals surface area contributed by atoms with E-state index in [-0.39, 0.29) is 11.1 Å². The van der Waals surface area contributed by atoms with Crippen molar-refractivity contribution in [1.29, 1.82) is 0 Å². The van der Waals surface area contributed by atoms with Crippen molar-refractivity contribution in [1.82, 2.24) is 9.80 Å². The van der Waals surface area contributed by atoms with Crippen molar-refractivity contribution < 1.29 is 0 Å². The molecule has 1 saturated heterocycles. The van der Waals surface area contributed by atoms with Crippen LogP contribution in [0.25, 0.3) is 0 Å². The Morgan fingerprint density at radius 1 is 0.824 bits per heavy atom. The third kappa shape index (κ3) is 6.99. The van der Waals surface area contributed by atoms with Gasteiger partial charge in [-0.25, -0.2) is 0 Å². The van der Waals surface area contributed by atoms with Crippen molar-refractivity contribution in [3.05, 3.63) is 0 Å². The molecule has 102 valence electrons. The van der Waals surface area contributed by atoms with E-state index in [0.29, 0.717) is 0 Å². The van der Waals surface area contributed by atoms with Gasteiger partial charge in [0.05, 0.1) is 0 Å². The Kier molecular flexibility index (Phi) is 4.95. The Balaban J connectivity index is 2.22. The number of hydrogen-bond acceptors (Lipinski definition) is 4. The Morgan fingerprint density at radius 2 is 1.29 bits per heavy atom. The molecule has 4 heteroatoms. The number of piperazine rings is 1. The fraction of sp³-hybridized carbons (Fsp3) is 1.00. The molecule has 0 spiro atoms. The summed E-state index contributed by atoms with van der Waals surface area (Å²) in [5.74, 6) is 0. The smallest absolute Gasteiger partial charge is 0.0226 e. The van der Waals surface area contributed by atoms with Crippen LogP contribution in [0.15, 0.2) is 0 Å². The Morgan fingerprint density at radius 3 is 1.71 bits per heavy atom. The minimum atomic E-state index is -0.0819. The first kappa shape index (κ1) is 14.9. The average Bonchev–Trinajstić information content (AvgIpc) is 2.13. The zero-order valence-corrected chi connectivity index (χ0v) is 12.0. The lowest BCUT2D eigenvalue weighted by atomic mass is 10.0. The molecular weight excluding hydrogens is 212 g/mol. The summed E-state index contributed by atoms with van der Waals surface area (Å²) in [6, 6.07) is 0. The van der Waals surface area contributed by atoms with Crippen molar-refractivity contribution in [3.63, 3.8) is 0 Å². The summed E-state index contributed by atoms with van der Waals surface area (Å²) >= 11 is 0. The highest BCUT2D eigenvalue weighted by Crippen LogP contribution is 2.10. The van der Waals surface area contributed by atoms with Crippen LogP contribution in [-0.2, 0) is 0 Å². The molecule has 0 radical (unpaired) electrons. The highest BCUT2D eigenvalue weighted by atomic mass is 15.3. The number of nitrogens with two attached hydrogens (primary N) is 2. The molecule has 1 aliphatic rings. The topological polar surface area (TPSA) is 58.5 Å². The lowest BCUT2D eigenvalue weighted by Gasteiger charge is -2.38. The zero-order chi connectivity index (χ0) is 13.1. The summed E-state index contributed by atoms with van der Waals surface area (Å²) < 4.78 is 0. The highest BCUT2D eigenvalue weighted by Gasteiger charge is 2.22. The first-order valence-corrected chi connectivity index (χ1v) is 6.68. The Hall–Kier alpha value is -0.160. The van der Waals surface area contributed by atoms with Gasteiger partial charge in [0.25, 0.3) is 0 Å². The van der Waals surface area contributed by atoms with Gasteiger partial charge in [-0.15, -0.1) is 0 Å². The van der Waals surface area contributed by atoms with Crippen molar-refractivity contribution in [2.75, 3.05) is 39.3 Å². The van der Waals surface area contributed by atoms with Crippen LogP contribution in [0.2, 0.25) is 0 Å². The predicted octanol–water partition coefficient (Wildman–Crippen LogP) is 0.469. The van der Waals surface area contributed by atoms with Crippen LogP contribution in [0.5, 0.6) is 0 Å². The molecular formula is C13H30N4. The van der Waals surface area contributed by atoms with Gasteiger partial charge < -0.3 is 16.4 Å². The van der Waals surface area contributed by atoms with Crippen molar-refractivity contribution >= 4 is 0 Å². The molecule has 0 amide bonds. The van der Waals surface area contributed by atoms with E-state index in [1.54, 1.807) is 0 Å². The minimum absolute atomic E-state index is 0.0453. The average molecular weight is 242 g/mol. The number of hydrogen-bond donors (Lipinski definition) is 2. The van der Waals surface area contributed by atoms with E-state index < -0.39 is 0 Å². The molecule has 0 aliphatic carbocycles. The molecule has 1 heterocycles. The number of nitrogens with zero attached hydrogens (tertiary/aromatic N) is 2. The molecule has 17 heavy (non-hydrogen) atoms. The van der Waals surface area contributed by atoms with Crippen LogP contribution in [0.1, 0.15) is 34.1 Å². The van der Waals surface area contributed by atoms with Gasteiger partial charge >= 0.3 is 0 Å². The second-order valence-corrected chi connectivity index (χ2v) is 6.84. The minimum Gasteiger partial charge on any atom is -0.326 e. The predicted molar refractivity (Wildman–Crippen MR) is 74.0 cm³/mol. The van der Waals surface area contributed by atoms with Gasteiger partial charge in [-0.05, 0) is 40.7 Å². The van der Waals surface area contributed by atoms with E-state index in [0.717, 1.165) is 45.7 Å². The summed E-state index contributed by atoms with van der Waals surface area (Å²) in [6.45, 7) is 15.0. The largest absolute Gasteiger partial charge is 0.326 e. The van der Waals surface area contributed by atoms with Crippen LogP contribution in [-0.4, -0.2) is 60.1 Å². The summed E-state index contributed by atoms with van der Waals surface area (Å²) in [7, 11) is 0. The van der Waals surface area contributed by atoms with Crippen LogP contribution < -0.4 is 11.5 Å². The van der Waals surface area contributed by atoms with Crippen LogP contribution in [0.4, 0.5) is 0 Å². The molecule has 0 aromatic carbocycles. The first-order chi connectivity index (χ1) is 7.66. The third-order valence-electron chi connectivity index (χ3n) is 3.17. The first-order valence-electron chi connectivity index (χ1n) is 6.68. The van der Waals surface area contributed by atoms with Crippen LogP contribution in [0, 0.1) is 0 Å². The fourth-order valence-corrected chi connectivity index (χ4v) is 2.19. The van der Waals surface area contributed by atoms with E-state index in [9.17, 15) is 0 Å². The van der Waals surface area contributed by atoms with Gasteiger partial charge in [0, 0.05) is 43.8 Å². The molecule has 0 unspecified atom stereocenters. The van der Waals surface area contributed by atoms with Gasteiger partial charge in [-0.2, -0.15) is 0 Å². The molecule has 0 bridgehead atoms. The third-order valence-corrected chi connectivity index (χ3v) is 3.17. The Labute approximate surface area is 106 Å². The molecule has 4 N–H and O–H groups in total. The van der Waals surface area contributed by atoms with E-state index in [1.807, 2.05) is 0 Å². The monoisotopic (exact) mass is 242 g/mol. The van der Waals surface area contributed by atoms with E-state index >= 15 is 0 Å². The molecule has 0 aromatic rings. The molecule has 1 fully saturated rings. The highest BCUT2D eigenvalue weighted by molar-refractivity contribution is 4.82. The lowest BCUT2D eigenvalue weighted by Crippen LogP contribution is -2.53. The van der Waals surface area contributed by atoms with E-state index in [1.165, 1.54) is 0 Å². The summed E-state index contributed by atoms with van der Waals surface area (Å²) in [5.41, 5.74) is 11.9. The second-order valence-electron chi connectivity index (χ2n) is 6.84. The molecule has 1 aliphatic heterocycles. The molecule has 0 saturated carbocycles. The van der Waals surface area contributed by atoms with Gasteiger partial charge in [0.1, 0.15) is 0 Å². The lowest BCUT2D eigenvalue weighted by molar-refractivity contribution is 0.111. The zero-order valence-electron chi connectivity index (χ0n) is 12.0. The molecule has 1 rings (SSSR count). The van der Waals surface area contributed by atoms with Crippen LogP contribution in [0.3, 0.4) is 0 Å². The van der Waals surface area contributed by atoms with Crippen molar-refractivity contribution in [2.24, 2.45) is 11.5 Å². The summed E-state index contributed by atoms with van der Waals surface area (Å²) in [5, 5.41) is 0. The summed E-state index contributed by atoms with van der Waals surface area (Å²) in [6.07, 6.45) is 1.06. The fourth-order valence-electron chi connectivity index (χ4n) is 2.19. The Bertz CT molecular complexity index is 219. The molecule has 0 atom stereocenters. The second kappa shape index (κ2) is 5.65. The van der Waals surface area contributed by atoms with Gasteiger partial charge in [0.2, 0.25) is 0 Å². The van der Waals surface area contributed by atoms with Gasteiger partial charge in [-0.3, -0.25) is 4.90 Å². The van der Waals surface area contributed by atoms with Gasteiger partial charge in [-0.1, -0.05) is 0 Å². The van der Waals surface area contributed by atoms with Gasteiger partial charge in [0.15, 0.2) is 0 Å². The summed E-state index contributed by atoms with van der Waals surface area (Å²) in [4.78, 5) is 4.97. The normalized spacial score (nSPS) is 20.8. The van der Waals surface area contributed by atoms with E-state index in [2.05, 4.69) is 37.5 Å². The standard InChI is InChI=1S/C13H30N4/c1-12(2,14)5-6-16-7-9-17(10-8-16)11-13(3,4)15/h5-11,14-15H2,1-4H3. The molecule has 4 nitrogen and oxygen atoms in total.